The molecule has 0 unspecified atom stereocenters. The Balaban J connectivity index is 1.27. The first-order valence-electron chi connectivity index (χ1n) is 9.53. The SMILES string of the molecule is O=C1COc2ccc(-c3csc(NC(=O)c4ccc(Cn5ccnc5)cc4)n3)cc2N1. The van der Waals surface area contributed by atoms with E-state index in [4.69, 9.17) is 4.74 Å². The molecule has 2 N–H and O–H groups in total. The van der Waals surface area contributed by atoms with Crippen LogP contribution in [0.15, 0.2) is 66.6 Å². The number of hydrogen-bond acceptors (Lipinski definition) is 6. The molecule has 0 bridgehead atoms. The topological polar surface area (TPSA) is 98.1 Å². The number of hydrogen-bond donors (Lipinski definition) is 2. The van der Waals surface area contributed by atoms with E-state index < -0.39 is 0 Å². The summed E-state index contributed by atoms with van der Waals surface area (Å²) in [4.78, 5) is 32.7. The van der Waals surface area contributed by atoms with Crippen molar-refractivity contribution in [1.82, 2.24) is 14.5 Å². The first kappa shape index (κ1) is 19.0. The number of thiazole rings is 1. The van der Waals surface area contributed by atoms with Gasteiger partial charge >= 0.3 is 0 Å². The van der Waals surface area contributed by atoms with Crippen LogP contribution in [0.3, 0.4) is 0 Å². The number of fused-ring (bicyclic) bond motifs is 1. The van der Waals surface area contributed by atoms with Crippen LogP contribution in [-0.2, 0) is 11.3 Å². The molecule has 31 heavy (non-hydrogen) atoms. The number of rotatable bonds is 5. The quantitative estimate of drug-likeness (QED) is 0.503. The fourth-order valence-electron chi connectivity index (χ4n) is 3.23. The number of nitrogens with one attached hydrogen (secondary N) is 2. The molecular weight excluding hydrogens is 414 g/mol. The van der Waals surface area contributed by atoms with Crippen molar-refractivity contribution < 1.29 is 14.3 Å². The fraction of sp³-hybridized carbons (Fsp3) is 0.0909. The molecule has 1 aliphatic heterocycles. The van der Waals surface area contributed by atoms with Crippen LogP contribution in [-0.4, -0.2) is 33.0 Å². The third-order valence-corrected chi connectivity index (χ3v) is 5.53. The fourth-order valence-corrected chi connectivity index (χ4v) is 3.94. The van der Waals surface area contributed by atoms with Crippen molar-refractivity contribution in [3.8, 4) is 17.0 Å². The van der Waals surface area contributed by atoms with Crippen LogP contribution in [0.25, 0.3) is 11.3 Å². The maximum atomic E-state index is 12.6. The van der Waals surface area contributed by atoms with E-state index in [1.165, 1.54) is 11.3 Å². The van der Waals surface area contributed by atoms with Gasteiger partial charge in [-0.15, -0.1) is 11.3 Å². The Hall–Kier alpha value is -3.98. The van der Waals surface area contributed by atoms with Gasteiger partial charge in [0, 0.05) is 35.4 Å². The van der Waals surface area contributed by atoms with Crippen molar-refractivity contribution in [3.05, 3.63) is 77.7 Å². The molecule has 8 nitrogen and oxygen atoms in total. The van der Waals surface area contributed by atoms with Gasteiger partial charge in [0.1, 0.15) is 5.75 Å². The lowest BCUT2D eigenvalue weighted by Crippen LogP contribution is -2.25. The van der Waals surface area contributed by atoms with Crippen molar-refractivity contribution in [2.45, 2.75) is 6.54 Å². The zero-order valence-electron chi connectivity index (χ0n) is 16.2. The standard InChI is InChI=1S/C22H17N5O3S/c28-20-11-30-19-6-5-16(9-17(19)24-20)18-12-31-22(25-18)26-21(29)15-3-1-14(2-4-15)10-27-8-7-23-13-27/h1-9,12-13H,10-11H2,(H,24,28)(H,25,26,29). The summed E-state index contributed by atoms with van der Waals surface area (Å²) in [6.45, 7) is 0.716. The number of carbonyl (C=O) groups is 2. The molecule has 9 heteroatoms. The minimum absolute atomic E-state index is 0.0176. The van der Waals surface area contributed by atoms with E-state index in [1.807, 2.05) is 40.4 Å². The van der Waals surface area contributed by atoms with Crippen LogP contribution in [0, 0.1) is 0 Å². The Labute approximate surface area is 181 Å². The van der Waals surface area contributed by atoms with E-state index in [-0.39, 0.29) is 18.4 Å². The molecule has 4 aromatic rings. The van der Waals surface area contributed by atoms with Crippen molar-refractivity contribution >= 4 is 34.0 Å². The molecule has 0 atom stereocenters. The number of anilines is 2. The summed E-state index contributed by atoms with van der Waals surface area (Å²) >= 11 is 1.34. The van der Waals surface area contributed by atoms with Gasteiger partial charge < -0.3 is 14.6 Å². The van der Waals surface area contributed by atoms with Gasteiger partial charge in [0.15, 0.2) is 11.7 Å². The van der Waals surface area contributed by atoms with Gasteiger partial charge in [-0.3, -0.25) is 14.9 Å². The molecule has 0 saturated carbocycles. The van der Waals surface area contributed by atoms with E-state index in [0.717, 1.165) is 11.1 Å². The van der Waals surface area contributed by atoms with Crippen LogP contribution in [0.1, 0.15) is 15.9 Å². The van der Waals surface area contributed by atoms with Crippen LogP contribution >= 0.6 is 11.3 Å². The minimum atomic E-state index is -0.221. The van der Waals surface area contributed by atoms with Crippen LogP contribution in [0.4, 0.5) is 10.8 Å². The Morgan fingerprint density at radius 2 is 2.10 bits per heavy atom. The molecule has 0 radical (unpaired) electrons. The minimum Gasteiger partial charge on any atom is -0.482 e. The van der Waals surface area contributed by atoms with Crippen molar-refractivity contribution in [2.24, 2.45) is 0 Å². The molecule has 2 aromatic heterocycles. The zero-order valence-corrected chi connectivity index (χ0v) is 17.1. The third-order valence-electron chi connectivity index (χ3n) is 4.77. The van der Waals surface area contributed by atoms with Crippen molar-refractivity contribution in [2.75, 3.05) is 17.2 Å². The highest BCUT2D eigenvalue weighted by molar-refractivity contribution is 7.14. The van der Waals surface area contributed by atoms with Crippen LogP contribution < -0.4 is 15.4 Å². The first-order valence-corrected chi connectivity index (χ1v) is 10.4. The molecule has 3 heterocycles. The second-order valence-electron chi connectivity index (χ2n) is 6.97. The van der Waals surface area contributed by atoms with Gasteiger partial charge in [-0.2, -0.15) is 0 Å². The molecule has 154 valence electrons. The van der Waals surface area contributed by atoms with Crippen LogP contribution in [0.5, 0.6) is 5.75 Å². The number of aromatic nitrogens is 3. The monoisotopic (exact) mass is 431 g/mol. The van der Waals surface area contributed by atoms with Gasteiger partial charge in [0.05, 0.1) is 17.7 Å². The molecule has 0 fully saturated rings. The Bertz CT molecular complexity index is 1250. The molecule has 2 amide bonds. The molecule has 2 aromatic carbocycles. The lowest BCUT2D eigenvalue weighted by molar-refractivity contribution is -0.118. The lowest BCUT2D eigenvalue weighted by Gasteiger charge is -2.18. The summed E-state index contributed by atoms with van der Waals surface area (Å²) in [5, 5.41) is 7.99. The second-order valence-corrected chi connectivity index (χ2v) is 7.83. The molecule has 0 spiro atoms. The van der Waals surface area contributed by atoms with Crippen LogP contribution in [0.2, 0.25) is 0 Å². The molecule has 1 aliphatic rings. The first-order chi connectivity index (χ1) is 15.1. The van der Waals surface area contributed by atoms with Gasteiger partial charge in [0.25, 0.3) is 11.8 Å². The van der Waals surface area contributed by atoms with Gasteiger partial charge in [-0.25, -0.2) is 9.97 Å². The summed E-state index contributed by atoms with van der Waals surface area (Å²) in [5.74, 6) is 0.219. The summed E-state index contributed by atoms with van der Waals surface area (Å²) in [5.41, 5.74) is 3.78. The molecular formula is C22H17N5O3S. The largest absolute Gasteiger partial charge is 0.482 e. The summed E-state index contributed by atoms with van der Waals surface area (Å²) in [7, 11) is 0. The number of nitrogens with zero attached hydrogens (tertiary/aromatic N) is 3. The smallest absolute Gasteiger partial charge is 0.262 e. The van der Waals surface area contributed by atoms with E-state index >= 15 is 0 Å². The average molecular weight is 431 g/mol. The van der Waals surface area contributed by atoms with E-state index in [0.29, 0.717) is 34.4 Å². The number of ether oxygens (including phenoxy) is 1. The molecule has 5 rings (SSSR count). The van der Waals surface area contributed by atoms with Crippen molar-refractivity contribution in [3.63, 3.8) is 0 Å². The zero-order chi connectivity index (χ0) is 21.2. The van der Waals surface area contributed by atoms with Gasteiger partial charge in [-0.05, 0) is 35.9 Å². The number of imidazole rings is 1. The van der Waals surface area contributed by atoms with E-state index in [9.17, 15) is 9.59 Å². The Kier molecular flexibility index (Phi) is 4.93. The number of amides is 2. The highest BCUT2D eigenvalue weighted by atomic mass is 32.1. The second kappa shape index (κ2) is 8.04. The maximum Gasteiger partial charge on any atom is 0.262 e. The summed E-state index contributed by atoms with van der Waals surface area (Å²) in [6.07, 6.45) is 5.38. The predicted octanol–water partition coefficient (Wildman–Crippen LogP) is 3.64. The highest BCUT2D eigenvalue weighted by Gasteiger charge is 2.17. The highest BCUT2D eigenvalue weighted by Crippen LogP contribution is 2.33. The molecule has 0 aliphatic carbocycles. The van der Waals surface area contributed by atoms with E-state index in [2.05, 4.69) is 20.6 Å². The molecule has 0 saturated heterocycles. The van der Waals surface area contributed by atoms with Crippen molar-refractivity contribution in [1.29, 1.82) is 0 Å². The Morgan fingerprint density at radius 3 is 2.90 bits per heavy atom. The predicted molar refractivity (Wildman–Crippen MR) is 117 cm³/mol. The maximum absolute atomic E-state index is 12.6. The third kappa shape index (κ3) is 4.17. The van der Waals surface area contributed by atoms with Gasteiger partial charge in [-0.1, -0.05) is 12.1 Å². The summed E-state index contributed by atoms with van der Waals surface area (Å²) in [6, 6.07) is 12.9. The number of benzene rings is 2. The average Bonchev–Trinajstić information content (AvgIpc) is 3.46. The number of carbonyl (C=O) groups excluding carboxylic acids is 2. The van der Waals surface area contributed by atoms with Gasteiger partial charge in [0.2, 0.25) is 0 Å². The Morgan fingerprint density at radius 1 is 1.23 bits per heavy atom. The van der Waals surface area contributed by atoms with E-state index in [1.54, 1.807) is 30.7 Å². The lowest BCUT2D eigenvalue weighted by atomic mass is 10.1. The summed E-state index contributed by atoms with van der Waals surface area (Å²) < 4.78 is 7.34. The normalized spacial score (nSPS) is 12.6.